The predicted octanol–water partition coefficient (Wildman–Crippen LogP) is 5.62. The molecule has 1 aliphatic rings. The maximum atomic E-state index is 6.13. The lowest BCUT2D eigenvalue weighted by atomic mass is 10.1. The number of fused-ring (bicyclic) bond motifs is 1. The van der Waals surface area contributed by atoms with Gasteiger partial charge >= 0.3 is 0 Å². The molecule has 0 atom stereocenters. The van der Waals surface area contributed by atoms with Crippen molar-refractivity contribution in [3.05, 3.63) is 88.3 Å². The van der Waals surface area contributed by atoms with Crippen LogP contribution in [0.5, 0.6) is 0 Å². The lowest BCUT2D eigenvalue weighted by Crippen LogP contribution is -2.29. The predicted molar refractivity (Wildman–Crippen MR) is 131 cm³/mol. The molecule has 162 valence electrons. The lowest BCUT2D eigenvalue weighted by Gasteiger charge is -2.25. The zero-order chi connectivity index (χ0) is 22.0. The van der Waals surface area contributed by atoms with Gasteiger partial charge in [0.2, 0.25) is 0 Å². The molecule has 1 aliphatic heterocycles. The fraction of sp³-hybridized carbons (Fsp3) is 0.346. The van der Waals surface area contributed by atoms with Crippen molar-refractivity contribution in [2.75, 3.05) is 31.6 Å². The van der Waals surface area contributed by atoms with Crippen LogP contribution in [0.1, 0.15) is 41.6 Å². The molecule has 2 heterocycles. The topological polar surface area (TPSA) is 24.3 Å². The van der Waals surface area contributed by atoms with Gasteiger partial charge in [0.15, 0.2) is 5.82 Å². The van der Waals surface area contributed by atoms with Crippen LogP contribution in [0.25, 0.3) is 5.70 Å². The SMILES string of the molecule is C=C1c2c(nc(Cc3ccc(C)cc3)n2Cc2ccc(Cl)cc2)N(C)CCN1CCC. The van der Waals surface area contributed by atoms with Gasteiger partial charge in [0, 0.05) is 44.7 Å². The number of nitrogens with zero attached hydrogens (tertiary/aromatic N) is 4. The third-order valence-electron chi connectivity index (χ3n) is 5.98. The summed E-state index contributed by atoms with van der Waals surface area (Å²) in [6.45, 7) is 12.5. The molecule has 0 spiro atoms. The van der Waals surface area contributed by atoms with Crippen LogP contribution in [0, 0.1) is 6.92 Å². The van der Waals surface area contributed by atoms with Crippen LogP contribution in [-0.4, -0.2) is 41.1 Å². The maximum absolute atomic E-state index is 6.13. The summed E-state index contributed by atoms with van der Waals surface area (Å²) < 4.78 is 2.35. The van der Waals surface area contributed by atoms with Crippen LogP contribution in [0.3, 0.4) is 0 Å². The van der Waals surface area contributed by atoms with Crippen LogP contribution in [0.15, 0.2) is 55.1 Å². The van der Waals surface area contributed by atoms with Gasteiger partial charge < -0.3 is 14.4 Å². The van der Waals surface area contributed by atoms with Crippen molar-refractivity contribution in [2.45, 2.75) is 33.2 Å². The Morgan fingerprint density at radius 2 is 1.68 bits per heavy atom. The number of imidazole rings is 1. The molecule has 4 rings (SSSR count). The average molecular weight is 435 g/mol. The van der Waals surface area contributed by atoms with E-state index in [0.717, 1.165) is 67.1 Å². The highest BCUT2D eigenvalue weighted by Crippen LogP contribution is 2.33. The summed E-state index contributed by atoms with van der Waals surface area (Å²) in [4.78, 5) is 9.82. The molecule has 0 N–H and O–H groups in total. The minimum Gasteiger partial charge on any atom is -0.368 e. The number of rotatable bonds is 6. The normalized spacial score (nSPS) is 14.0. The van der Waals surface area contributed by atoms with E-state index in [1.807, 2.05) is 12.1 Å². The highest BCUT2D eigenvalue weighted by Gasteiger charge is 2.28. The van der Waals surface area contributed by atoms with Crippen molar-refractivity contribution >= 4 is 23.1 Å². The number of benzene rings is 2. The molecule has 3 aromatic rings. The molecular formula is C26H31ClN4. The van der Waals surface area contributed by atoms with Crippen molar-refractivity contribution < 1.29 is 0 Å². The van der Waals surface area contributed by atoms with Crippen molar-refractivity contribution in [3.63, 3.8) is 0 Å². The first-order chi connectivity index (χ1) is 15.0. The second kappa shape index (κ2) is 9.19. The van der Waals surface area contributed by atoms with Gasteiger partial charge in [-0.25, -0.2) is 4.98 Å². The Morgan fingerprint density at radius 3 is 2.35 bits per heavy atom. The number of aryl methyl sites for hydroxylation is 1. The van der Waals surface area contributed by atoms with Crippen LogP contribution >= 0.6 is 11.6 Å². The monoisotopic (exact) mass is 434 g/mol. The molecule has 0 amide bonds. The molecule has 0 unspecified atom stereocenters. The second-order valence-corrected chi connectivity index (χ2v) is 8.87. The number of hydrogen-bond donors (Lipinski definition) is 0. The first-order valence-corrected chi connectivity index (χ1v) is 11.4. The molecule has 4 nitrogen and oxygen atoms in total. The third kappa shape index (κ3) is 4.64. The highest BCUT2D eigenvalue weighted by molar-refractivity contribution is 6.30. The number of aromatic nitrogens is 2. The third-order valence-corrected chi connectivity index (χ3v) is 6.23. The van der Waals surface area contributed by atoms with E-state index < -0.39 is 0 Å². The van der Waals surface area contributed by atoms with Gasteiger partial charge in [0.25, 0.3) is 0 Å². The van der Waals surface area contributed by atoms with Crippen LogP contribution in [-0.2, 0) is 13.0 Å². The van der Waals surface area contributed by atoms with E-state index in [1.165, 1.54) is 16.7 Å². The minimum atomic E-state index is 0.744. The van der Waals surface area contributed by atoms with Crippen molar-refractivity contribution in [2.24, 2.45) is 0 Å². The summed E-state index contributed by atoms with van der Waals surface area (Å²) in [6.07, 6.45) is 1.88. The van der Waals surface area contributed by atoms with Gasteiger partial charge in [-0.15, -0.1) is 0 Å². The maximum Gasteiger partial charge on any atom is 0.156 e. The number of anilines is 1. The Morgan fingerprint density at radius 1 is 1.00 bits per heavy atom. The van der Waals surface area contributed by atoms with Crippen LogP contribution in [0.2, 0.25) is 5.02 Å². The summed E-state index contributed by atoms with van der Waals surface area (Å²) >= 11 is 6.13. The molecule has 1 aromatic heterocycles. The number of likely N-dealkylation sites (N-methyl/N-ethyl adjacent to an activating group) is 1. The van der Waals surface area contributed by atoms with Crippen molar-refractivity contribution in [3.8, 4) is 0 Å². The fourth-order valence-electron chi connectivity index (χ4n) is 4.18. The Hall–Kier alpha value is -2.72. The van der Waals surface area contributed by atoms with Crippen molar-refractivity contribution in [1.29, 1.82) is 0 Å². The second-order valence-electron chi connectivity index (χ2n) is 8.43. The van der Waals surface area contributed by atoms with E-state index in [9.17, 15) is 0 Å². The minimum absolute atomic E-state index is 0.744. The molecule has 0 fully saturated rings. The summed E-state index contributed by atoms with van der Waals surface area (Å²) in [5.74, 6) is 2.09. The first kappa shape index (κ1) is 21.5. The van der Waals surface area contributed by atoms with Gasteiger partial charge in [-0.3, -0.25) is 0 Å². The number of hydrogen-bond acceptors (Lipinski definition) is 3. The molecule has 2 aromatic carbocycles. The van der Waals surface area contributed by atoms with Gasteiger partial charge in [0.1, 0.15) is 11.5 Å². The summed E-state index contributed by atoms with van der Waals surface area (Å²) in [7, 11) is 2.14. The van der Waals surface area contributed by atoms with E-state index in [-0.39, 0.29) is 0 Å². The zero-order valence-corrected chi connectivity index (χ0v) is 19.5. The molecule has 0 saturated carbocycles. The largest absolute Gasteiger partial charge is 0.368 e. The Kier molecular flexibility index (Phi) is 6.38. The van der Waals surface area contributed by atoms with Crippen LogP contribution in [0.4, 0.5) is 5.82 Å². The zero-order valence-electron chi connectivity index (χ0n) is 18.7. The fourth-order valence-corrected chi connectivity index (χ4v) is 4.31. The van der Waals surface area contributed by atoms with E-state index in [0.29, 0.717) is 0 Å². The number of halogens is 1. The Labute approximate surface area is 190 Å². The molecule has 0 radical (unpaired) electrons. The molecule has 0 bridgehead atoms. The van der Waals surface area contributed by atoms with Gasteiger partial charge in [0.05, 0.1) is 5.70 Å². The first-order valence-electron chi connectivity index (χ1n) is 11.0. The van der Waals surface area contributed by atoms with E-state index in [1.54, 1.807) is 0 Å². The quantitative estimate of drug-likeness (QED) is 0.503. The lowest BCUT2D eigenvalue weighted by molar-refractivity contribution is 0.406. The summed E-state index contributed by atoms with van der Waals surface area (Å²) in [6, 6.07) is 16.8. The Bertz CT molecular complexity index is 1050. The van der Waals surface area contributed by atoms with E-state index >= 15 is 0 Å². The molecule has 0 aliphatic carbocycles. The van der Waals surface area contributed by atoms with Gasteiger partial charge in [-0.2, -0.15) is 0 Å². The summed E-state index contributed by atoms with van der Waals surface area (Å²) in [5, 5.41) is 0.756. The summed E-state index contributed by atoms with van der Waals surface area (Å²) in [5.41, 5.74) is 5.94. The molecule has 5 heteroatoms. The Balaban J connectivity index is 1.80. The standard InChI is InChI=1S/C26H31ClN4/c1-5-14-30-16-15-29(4)26-25(20(30)3)31(18-22-10-12-23(27)13-11-22)24(28-26)17-21-8-6-19(2)7-9-21/h6-13H,3,5,14-18H2,1-2,4H3. The molecule has 0 saturated heterocycles. The average Bonchev–Trinajstić information content (AvgIpc) is 3.06. The van der Waals surface area contributed by atoms with Gasteiger partial charge in [-0.1, -0.05) is 67.1 Å². The van der Waals surface area contributed by atoms with Crippen LogP contribution < -0.4 is 4.90 Å². The molecule has 31 heavy (non-hydrogen) atoms. The van der Waals surface area contributed by atoms with E-state index in [4.69, 9.17) is 16.6 Å². The van der Waals surface area contributed by atoms with Crippen molar-refractivity contribution in [1.82, 2.24) is 14.5 Å². The smallest absolute Gasteiger partial charge is 0.156 e. The van der Waals surface area contributed by atoms with Gasteiger partial charge in [-0.05, 0) is 36.6 Å². The van der Waals surface area contributed by atoms with E-state index in [2.05, 4.69) is 78.2 Å². The highest BCUT2D eigenvalue weighted by atomic mass is 35.5. The molecular weight excluding hydrogens is 404 g/mol.